The molecule has 7 nitrogen and oxygen atoms in total. The maximum Gasteiger partial charge on any atom is 0.287 e. The summed E-state index contributed by atoms with van der Waals surface area (Å²) in [5.74, 6) is -0.272. The van der Waals surface area contributed by atoms with Crippen LogP contribution in [0.25, 0.3) is 0 Å². The van der Waals surface area contributed by atoms with E-state index in [-0.39, 0.29) is 28.9 Å². The summed E-state index contributed by atoms with van der Waals surface area (Å²) in [5, 5.41) is 2.91. The number of nitrogens with zero attached hydrogens (tertiary/aromatic N) is 1. The Bertz CT molecular complexity index is 549. The summed E-state index contributed by atoms with van der Waals surface area (Å²) in [5.41, 5.74) is -0.367. The maximum absolute atomic E-state index is 12.1. The van der Waals surface area contributed by atoms with E-state index in [4.69, 9.17) is 13.9 Å². The average Bonchev–Trinajstić information content (AvgIpc) is 2.54. The predicted octanol–water partition coefficient (Wildman–Crippen LogP) is 0.489. The number of hydrogen-bond acceptors (Lipinski definition) is 6. The van der Waals surface area contributed by atoms with Crippen LogP contribution < -0.4 is 15.5 Å². The van der Waals surface area contributed by atoms with Gasteiger partial charge in [0, 0.05) is 38.9 Å². The summed E-state index contributed by atoms with van der Waals surface area (Å²) in [4.78, 5) is 26.0. The van der Waals surface area contributed by atoms with Crippen molar-refractivity contribution in [3.8, 4) is 5.75 Å². The number of hydrogen-bond donors (Lipinski definition) is 1. The molecule has 1 aliphatic heterocycles. The third-order valence-corrected chi connectivity index (χ3v) is 3.78. The summed E-state index contributed by atoms with van der Waals surface area (Å²) < 4.78 is 15.0. The molecule has 1 aliphatic rings. The van der Waals surface area contributed by atoms with Gasteiger partial charge in [0.25, 0.3) is 5.91 Å². The van der Waals surface area contributed by atoms with E-state index in [0.29, 0.717) is 6.61 Å². The molecule has 1 N–H and O–H groups in total. The quantitative estimate of drug-likeness (QED) is 0.823. The van der Waals surface area contributed by atoms with Crippen molar-refractivity contribution >= 4 is 5.91 Å². The zero-order chi connectivity index (χ0) is 15.9. The maximum atomic E-state index is 12.1. The minimum Gasteiger partial charge on any atom is -0.490 e. The highest BCUT2D eigenvalue weighted by atomic mass is 16.5. The molecule has 7 heteroatoms. The first-order chi connectivity index (χ1) is 10.6. The van der Waals surface area contributed by atoms with Crippen LogP contribution in [0.2, 0.25) is 0 Å². The summed E-state index contributed by atoms with van der Waals surface area (Å²) in [7, 11) is 3.07. The fraction of sp³-hybridized carbons (Fsp3) is 0.600. The highest BCUT2D eigenvalue weighted by molar-refractivity contribution is 5.91. The zero-order valence-electron chi connectivity index (χ0n) is 13.0. The second-order valence-electron chi connectivity index (χ2n) is 5.26. The first kappa shape index (κ1) is 16.5. The van der Waals surface area contributed by atoms with E-state index in [1.165, 1.54) is 7.11 Å². The van der Waals surface area contributed by atoms with Gasteiger partial charge in [0.15, 0.2) is 5.76 Å². The van der Waals surface area contributed by atoms with Crippen LogP contribution in [-0.2, 0) is 4.74 Å². The number of ether oxygens (including phenoxy) is 2. The van der Waals surface area contributed by atoms with Crippen molar-refractivity contribution in [1.82, 2.24) is 10.2 Å². The minimum atomic E-state index is -0.367. The third-order valence-electron chi connectivity index (χ3n) is 3.78. The number of carbonyl (C=O) groups excluding carboxylic acids is 1. The number of rotatable bonds is 6. The smallest absolute Gasteiger partial charge is 0.287 e. The monoisotopic (exact) mass is 310 g/mol. The molecule has 0 bridgehead atoms. The molecule has 0 radical (unpaired) electrons. The van der Waals surface area contributed by atoms with Crippen LogP contribution in [0.5, 0.6) is 5.75 Å². The van der Waals surface area contributed by atoms with Crippen molar-refractivity contribution in [3.05, 3.63) is 28.3 Å². The standard InChI is InChI=1S/C15H22N2O5/c1-20-8-7-17-5-3-11(4-6-17)16-15(19)13-9-12(18)14(21-2)10-22-13/h9-11H,3-8H2,1-2H3,(H,16,19). The Morgan fingerprint density at radius 2 is 2.14 bits per heavy atom. The second-order valence-corrected chi connectivity index (χ2v) is 5.26. The minimum absolute atomic E-state index is 0.00705. The Balaban J connectivity index is 1.85. The first-order valence-electron chi connectivity index (χ1n) is 7.33. The van der Waals surface area contributed by atoms with E-state index < -0.39 is 0 Å². The number of methoxy groups -OCH3 is 2. The van der Waals surface area contributed by atoms with Gasteiger partial charge >= 0.3 is 0 Å². The zero-order valence-corrected chi connectivity index (χ0v) is 13.0. The van der Waals surface area contributed by atoms with Gasteiger partial charge < -0.3 is 24.1 Å². The summed E-state index contributed by atoms with van der Waals surface area (Å²) >= 11 is 0. The molecule has 1 saturated heterocycles. The number of carbonyl (C=O) groups is 1. The van der Waals surface area contributed by atoms with E-state index in [9.17, 15) is 9.59 Å². The molecule has 0 atom stereocenters. The topological polar surface area (TPSA) is 81.0 Å². The van der Waals surface area contributed by atoms with E-state index in [2.05, 4.69) is 10.2 Å². The number of piperidine rings is 1. The SMILES string of the molecule is COCCN1CCC(NC(=O)c2cc(=O)c(OC)co2)CC1. The van der Waals surface area contributed by atoms with Crippen LogP contribution in [0.1, 0.15) is 23.4 Å². The van der Waals surface area contributed by atoms with Crippen LogP contribution in [0.4, 0.5) is 0 Å². The van der Waals surface area contributed by atoms with Gasteiger partial charge in [-0.15, -0.1) is 0 Å². The summed E-state index contributed by atoms with van der Waals surface area (Å²) in [6.45, 7) is 3.46. The van der Waals surface area contributed by atoms with Crippen molar-refractivity contribution in [1.29, 1.82) is 0 Å². The first-order valence-corrected chi connectivity index (χ1v) is 7.33. The van der Waals surface area contributed by atoms with Crippen molar-refractivity contribution in [2.75, 3.05) is 40.5 Å². The molecular weight excluding hydrogens is 288 g/mol. The van der Waals surface area contributed by atoms with Crippen molar-refractivity contribution in [3.63, 3.8) is 0 Å². The van der Waals surface area contributed by atoms with Gasteiger partial charge in [0.1, 0.15) is 6.26 Å². The summed E-state index contributed by atoms with van der Waals surface area (Å²) in [6.07, 6.45) is 2.90. The van der Waals surface area contributed by atoms with Gasteiger partial charge in [-0.25, -0.2) is 0 Å². The largest absolute Gasteiger partial charge is 0.490 e. The van der Waals surface area contributed by atoms with Crippen LogP contribution in [0, 0.1) is 0 Å². The Kier molecular flexibility index (Phi) is 5.97. The molecule has 1 fully saturated rings. The van der Waals surface area contributed by atoms with Crippen LogP contribution in [0.3, 0.4) is 0 Å². The van der Waals surface area contributed by atoms with Gasteiger partial charge in [-0.2, -0.15) is 0 Å². The Labute approximate surface area is 129 Å². The molecule has 1 amide bonds. The highest BCUT2D eigenvalue weighted by Crippen LogP contribution is 2.11. The molecule has 0 aliphatic carbocycles. The lowest BCUT2D eigenvalue weighted by Gasteiger charge is -2.31. The van der Waals surface area contributed by atoms with Gasteiger partial charge in [0.05, 0.1) is 13.7 Å². The van der Waals surface area contributed by atoms with Crippen molar-refractivity contribution < 1.29 is 18.7 Å². The molecule has 0 saturated carbocycles. The third kappa shape index (κ3) is 4.32. The Morgan fingerprint density at radius 1 is 1.41 bits per heavy atom. The number of nitrogens with one attached hydrogen (secondary N) is 1. The fourth-order valence-electron chi connectivity index (χ4n) is 2.44. The highest BCUT2D eigenvalue weighted by Gasteiger charge is 2.22. The summed E-state index contributed by atoms with van der Waals surface area (Å²) in [6, 6.07) is 1.25. The lowest BCUT2D eigenvalue weighted by Crippen LogP contribution is -2.45. The predicted molar refractivity (Wildman–Crippen MR) is 80.3 cm³/mol. The second kappa shape index (κ2) is 7.95. The molecule has 122 valence electrons. The fourth-order valence-corrected chi connectivity index (χ4v) is 2.44. The molecule has 22 heavy (non-hydrogen) atoms. The van der Waals surface area contributed by atoms with E-state index >= 15 is 0 Å². The molecule has 0 aromatic carbocycles. The van der Waals surface area contributed by atoms with Gasteiger partial charge in [-0.3, -0.25) is 9.59 Å². The van der Waals surface area contributed by atoms with Gasteiger partial charge in [0.2, 0.25) is 11.2 Å². The van der Waals surface area contributed by atoms with Gasteiger partial charge in [-0.1, -0.05) is 0 Å². The lowest BCUT2D eigenvalue weighted by molar-refractivity contribution is 0.0863. The van der Waals surface area contributed by atoms with E-state index in [1.54, 1.807) is 7.11 Å². The van der Waals surface area contributed by atoms with Crippen molar-refractivity contribution in [2.24, 2.45) is 0 Å². The van der Waals surface area contributed by atoms with Crippen LogP contribution in [-0.4, -0.2) is 57.3 Å². The van der Waals surface area contributed by atoms with Gasteiger partial charge in [-0.05, 0) is 12.8 Å². The Hall–Kier alpha value is -1.86. The molecule has 2 rings (SSSR count). The number of amides is 1. The normalized spacial score (nSPS) is 16.5. The molecule has 0 spiro atoms. The average molecular weight is 310 g/mol. The number of likely N-dealkylation sites (tertiary alicyclic amines) is 1. The van der Waals surface area contributed by atoms with E-state index in [1.807, 2.05) is 0 Å². The molecular formula is C15H22N2O5. The molecule has 1 aromatic rings. The molecule has 1 aromatic heterocycles. The molecule has 2 heterocycles. The van der Waals surface area contributed by atoms with Crippen LogP contribution >= 0.6 is 0 Å². The lowest BCUT2D eigenvalue weighted by atomic mass is 10.0. The Morgan fingerprint density at radius 3 is 2.73 bits per heavy atom. The molecule has 0 unspecified atom stereocenters. The van der Waals surface area contributed by atoms with Crippen molar-refractivity contribution in [2.45, 2.75) is 18.9 Å². The van der Waals surface area contributed by atoms with E-state index in [0.717, 1.165) is 44.8 Å². The van der Waals surface area contributed by atoms with Crippen LogP contribution in [0.15, 0.2) is 21.5 Å².